The highest BCUT2D eigenvalue weighted by Gasteiger charge is 2.43. The Morgan fingerprint density at radius 2 is 1.97 bits per heavy atom. The van der Waals surface area contributed by atoms with Crippen LogP contribution in [0.5, 0.6) is 5.75 Å². The molecule has 0 aliphatic heterocycles. The summed E-state index contributed by atoms with van der Waals surface area (Å²) >= 11 is 3.56. The van der Waals surface area contributed by atoms with Crippen molar-refractivity contribution in [2.24, 2.45) is 23.2 Å². The highest BCUT2D eigenvalue weighted by Crippen LogP contribution is 2.52. The van der Waals surface area contributed by atoms with E-state index >= 15 is 0 Å². The number of halogens is 1. The number of fused-ring (bicyclic) bond motifs is 3. The van der Waals surface area contributed by atoms with Gasteiger partial charge in [-0.25, -0.2) is 8.42 Å². The van der Waals surface area contributed by atoms with Gasteiger partial charge < -0.3 is 4.74 Å². The predicted molar refractivity (Wildman–Crippen MR) is 117 cm³/mol. The van der Waals surface area contributed by atoms with Gasteiger partial charge in [0.1, 0.15) is 5.75 Å². The lowest BCUT2D eigenvalue weighted by Crippen LogP contribution is -2.41. The maximum atomic E-state index is 11.5. The van der Waals surface area contributed by atoms with Crippen molar-refractivity contribution in [3.63, 3.8) is 0 Å². The third kappa shape index (κ3) is 4.55. The molecule has 2 atom stereocenters. The molecule has 2 fully saturated rings. The first-order valence-electron chi connectivity index (χ1n) is 10.3. The molecule has 2 aromatic rings. The molecule has 2 heterocycles. The van der Waals surface area contributed by atoms with E-state index in [1.54, 1.807) is 16.7 Å². The predicted octanol–water partition coefficient (Wildman–Crippen LogP) is 4.48. The molecule has 1 N–H and O–H groups in total. The van der Waals surface area contributed by atoms with Crippen molar-refractivity contribution >= 4 is 37.5 Å². The van der Waals surface area contributed by atoms with Crippen LogP contribution in [0.3, 0.4) is 0 Å². The molecule has 2 aromatic heterocycles. The van der Waals surface area contributed by atoms with E-state index in [0.29, 0.717) is 18.0 Å². The number of rotatable bonds is 6. The number of sulfonamides is 1. The highest BCUT2D eigenvalue weighted by atomic mass is 79.9. The molecular weight excluding hydrogens is 456 g/mol. The van der Waals surface area contributed by atoms with Crippen molar-refractivity contribution in [3.05, 3.63) is 16.7 Å². The third-order valence-electron chi connectivity index (χ3n) is 6.60. The van der Waals surface area contributed by atoms with Gasteiger partial charge in [0.25, 0.3) is 0 Å². The zero-order valence-corrected chi connectivity index (χ0v) is 19.6. The van der Waals surface area contributed by atoms with Gasteiger partial charge in [0, 0.05) is 17.7 Å². The van der Waals surface area contributed by atoms with E-state index < -0.39 is 10.0 Å². The summed E-state index contributed by atoms with van der Waals surface area (Å²) in [5, 5.41) is 8.01. The minimum Gasteiger partial charge on any atom is -0.492 e. The van der Waals surface area contributed by atoms with E-state index in [0.717, 1.165) is 34.9 Å². The average Bonchev–Trinajstić information content (AvgIpc) is 2.98. The normalized spacial score (nSPS) is 29.7. The molecule has 2 unspecified atom stereocenters. The summed E-state index contributed by atoms with van der Waals surface area (Å²) in [7, 11) is -3.43. The van der Waals surface area contributed by atoms with Gasteiger partial charge in [-0.3, -0.25) is 9.12 Å². The van der Waals surface area contributed by atoms with Crippen molar-refractivity contribution in [2.45, 2.75) is 52.4 Å². The maximum absolute atomic E-state index is 11.5. The molecule has 4 rings (SSSR count). The minimum absolute atomic E-state index is 0.161. The summed E-state index contributed by atoms with van der Waals surface area (Å²) in [6.07, 6.45) is 10.5. The summed E-state index contributed by atoms with van der Waals surface area (Å²) in [6, 6.07) is 1.81. The van der Waals surface area contributed by atoms with Crippen LogP contribution in [0, 0.1) is 23.2 Å². The molecule has 0 aromatic carbocycles. The second-order valence-electron chi connectivity index (χ2n) is 9.21. The molecule has 0 spiro atoms. The van der Waals surface area contributed by atoms with Crippen molar-refractivity contribution in [3.8, 4) is 5.75 Å². The SMILES string of the molecule is CCC1(COc2cc3nnc(NS(C)(=O)=O)n3cc2Br)CC2CC(C)CC(C2)C1. The Kier molecular flexibility index (Phi) is 5.57. The number of ether oxygens (including phenoxy) is 1. The van der Waals surface area contributed by atoms with Crippen LogP contribution in [0.2, 0.25) is 0 Å². The fourth-order valence-electron chi connectivity index (χ4n) is 5.52. The Morgan fingerprint density at radius 3 is 2.59 bits per heavy atom. The van der Waals surface area contributed by atoms with Gasteiger partial charge in [0.15, 0.2) is 5.65 Å². The van der Waals surface area contributed by atoms with Gasteiger partial charge in [-0.15, -0.1) is 10.2 Å². The van der Waals surface area contributed by atoms with Crippen LogP contribution in [0.1, 0.15) is 52.4 Å². The van der Waals surface area contributed by atoms with Crippen LogP contribution in [0.15, 0.2) is 16.7 Å². The van der Waals surface area contributed by atoms with E-state index in [1.807, 2.05) is 0 Å². The minimum atomic E-state index is -3.43. The molecule has 2 aliphatic rings. The van der Waals surface area contributed by atoms with E-state index in [2.05, 4.69) is 44.7 Å². The zero-order valence-electron chi connectivity index (χ0n) is 17.2. The van der Waals surface area contributed by atoms with Gasteiger partial charge in [0.2, 0.25) is 16.0 Å². The maximum Gasteiger partial charge on any atom is 0.242 e. The van der Waals surface area contributed by atoms with E-state index in [-0.39, 0.29) is 11.4 Å². The monoisotopic (exact) mass is 484 g/mol. The van der Waals surface area contributed by atoms with Crippen LogP contribution in [-0.4, -0.2) is 35.9 Å². The van der Waals surface area contributed by atoms with E-state index in [4.69, 9.17) is 4.74 Å². The number of aromatic nitrogens is 3. The van der Waals surface area contributed by atoms with Gasteiger partial charge in [-0.05, 0) is 72.2 Å². The molecule has 7 nitrogen and oxygen atoms in total. The Bertz CT molecular complexity index is 989. The molecule has 2 bridgehead atoms. The second-order valence-corrected chi connectivity index (χ2v) is 11.8. The summed E-state index contributed by atoms with van der Waals surface area (Å²) < 4.78 is 34.1. The fraction of sp³-hybridized carbons (Fsp3) is 0.700. The average molecular weight is 485 g/mol. The topological polar surface area (TPSA) is 85.6 Å². The number of hydrogen-bond acceptors (Lipinski definition) is 5. The van der Waals surface area contributed by atoms with Crippen LogP contribution < -0.4 is 9.46 Å². The molecule has 0 saturated heterocycles. The van der Waals surface area contributed by atoms with E-state index in [9.17, 15) is 8.42 Å². The molecule has 0 amide bonds. The second kappa shape index (κ2) is 7.72. The molecular formula is C20H29BrN4O3S. The lowest BCUT2D eigenvalue weighted by atomic mass is 9.58. The van der Waals surface area contributed by atoms with E-state index in [1.165, 1.54) is 32.1 Å². The molecule has 2 saturated carbocycles. The Morgan fingerprint density at radius 1 is 1.28 bits per heavy atom. The summed E-state index contributed by atoms with van der Waals surface area (Å²) in [5.74, 6) is 3.39. The molecule has 0 radical (unpaired) electrons. The fourth-order valence-corrected chi connectivity index (χ4v) is 6.42. The van der Waals surface area contributed by atoms with Crippen molar-refractivity contribution in [1.29, 1.82) is 0 Å². The lowest BCUT2D eigenvalue weighted by molar-refractivity contribution is -0.000560. The Hall–Kier alpha value is -1.35. The van der Waals surface area contributed by atoms with Crippen LogP contribution >= 0.6 is 15.9 Å². The number of anilines is 1. The quantitative estimate of drug-likeness (QED) is 0.652. The third-order valence-corrected chi connectivity index (χ3v) is 7.75. The molecule has 2 aliphatic carbocycles. The van der Waals surface area contributed by atoms with Crippen molar-refractivity contribution in [2.75, 3.05) is 17.6 Å². The van der Waals surface area contributed by atoms with Crippen LogP contribution in [0.4, 0.5) is 5.95 Å². The first-order chi connectivity index (χ1) is 13.7. The first kappa shape index (κ1) is 20.9. The van der Waals surface area contributed by atoms with Crippen LogP contribution in [0.25, 0.3) is 5.65 Å². The van der Waals surface area contributed by atoms with Crippen molar-refractivity contribution in [1.82, 2.24) is 14.6 Å². The molecule has 29 heavy (non-hydrogen) atoms. The van der Waals surface area contributed by atoms with Crippen molar-refractivity contribution < 1.29 is 13.2 Å². The van der Waals surface area contributed by atoms with Gasteiger partial charge in [-0.2, -0.15) is 0 Å². The lowest BCUT2D eigenvalue weighted by Gasteiger charge is -2.48. The number of nitrogens with zero attached hydrogens (tertiary/aromatic N) is 3. The number of nitrogens with one attached hydrogen (secondary N) is 1. The summed E-state index contributed by atoms with van der Waals surface area (Å²) in [5.41, 5.74) is 0.768. The van der Waals surface area contributed by atoms with Crippen LogP contribution in [-0.2, 0) is 10.0 Å². The first-order valence-corrected chi connectivity index (χ1v) is 13.0. The molecule has 9 heteroatoms. The Balaban J connectivity index is 1.52. The van der Waals surface area contributed by atoms with Gasteiger partial charge in [0.05, 0.1) is 17.3 Å². The van der Waals surface area contributed by atoms with Gasteiger partial charge in [-0.1, -0.05) is 13.8 Å². The Labute approximate surface area is 180 Å². The van der Waals surface area contributed by atoms with Gasteiger partial charge >= 0.3 is 0 Å². The number of pyridine rings is 1. The standard InChI is InChI=1S/C20H29BrN4O3S/c1-4-20(9-14-5-13(2)6-15(7-14)10-20)12-28-17-8-18-22-23-19(24-29(3,26)27)25(18)11-16(17)21/h8,11,13-15H,4-7,9-10,12H2,1-3H3,(H,23,24). The summed E-state index contributed by atoms with van der Waals surface area (Å²) in [4.78, 5) is 0. The summed E-state index contributed by atoms with van der Waals surface area (Å²) in [6.45, 7) is 5.38. The molecule has 160 valence electrons. The zero-order chi connectivity index (χ0) is 20.8. The largest absolute Gasteiger partial charge is 0.492 e. The smallest absolute Gasteiger partial charge is 0.242 e. The highest BCUT2D eigenvalue weighted by molar-refractivity contribution is 9.10. The number of hydrogen-bond donors (Lipinski definition) is 1.